The molecule has 0 atom stereocenters. The molecule has 9 nitrogen and oxygen atoms in total. The Balaban J connectivity index is 1.40. The summed E-state index contributed by atoms with van der Waals surface area (Å²) in [6.45, 7) is 3.06. The van der Waals surface area contributed by atoms with Gasteiger partial charge in [-0.1, -0.05) is 17.7 Å². The quantitative estimate of drug-likeness (QED) is 0.631. The number of aromatic amines is 1. The van der Waals surface area contributed by atoms with Crippen molar-refractivity contribution in [1.29, 1.82) is 0 Å². The predicted octanol–water partition coefficient (Wildman–Crippen LogP) is 2.88. The van der Waals surface area contributed by atoms with Gasteiger partial charge in [-0.05, 0) is 31.9 Å². The topological polar surface area (TPSA) is 123 Å². The van der Waals surface area contributed by atoms with Crippen LogP contribution in [0.25, 0.3) is 0 Å². The fraction of sp³-hybridized carbons (Fsp3) is 0.304. The lowest BCUT2D eigenvalue weighted by atomic mass is 9.93. The third kappa shape index (κ3) is 4.56. The number of ether oxygens (including phenoxy) is 2. The normalized spacial score (nSPS) is 14.2. The Labute approximate surface area is 185 Å². The van der Waals surface area contributed by atoms with Crippen molar-refractivity contribution in [2.75, 3.05) is 25.9 Å². The number of benzene rings is 1. The van der Waals surface area contributed by atoms with Gasteiger partial charge >= 0.3 is 0 Å². The van der Waals surface area contributed by atoms with E-state index in [-0.39, 0.29) is 34.5 Å². The Morgan fingerprint density at radius 1 is 1.12 bits per heavy atom. The maximum Gasteiger partial charge on any atom is 0.270 e. The zero-order valence-corrected chi connectivity index (χ0v) is 18.0. The van der Waals surface area contributed by atoms with Crippen LogP contribution < -0.4 is 20.6 Å². The summed E-state index contributed by atoms with van der Waals surface area (Å²) in [6.07, 6.45) is 2.89. The number of aryl methyl sites for hydroxylation is 1. The summed E-state index contributed by atoms with van der Waals surface area (Å²) in [5, 5.41) is 8.13. The number of nitrogens with zero attached hydrogens (tertiary/aromatic N) is 3. The Hall–Kier alpha value is -3.88. The minimum atomic E-state index is -0.355. The monoisotopic (exact) mass is 435 g/mol. The molecule has 4 rings (SSSR count). The van der Waals surface area contributed by atoms with E-state index in [4.69, 9.17) is 15.2 Å². The number of anilines is 1. The fourth-order valence-electron chi connectivity index (χ4n) is 3.70. The SMILES string of the molecule is COc1cc(C2CCN(C(=O)c3cc(=O)c(Oc4ccc(C)cc4)c[nH]3)CC2)nnc1N. The first-order chi connectivity index (χ1) is 15.4. The second-order valence-corrected chi connectivity index (χ2v) is 7.78. The molecule has 3 N–H and O–H groups in total. The molecule has 1 aliphatic heterocycles. The highest BCUT2D eigenvalue weighted by molar-refractivity contribution is 5.92. The number of amides is 1. The van der Waals surface area contributed by atoms with E-state index in [1.807, 2.05) is 19.1 Å². The number of pyridine rings is 1. The first-order valence-corrected chi connectivity index (χ1v) is 10.4. The highest BCUT2D eigenvalue weighted by Gasteiger charge is 2.27. The number of H-pyrrole nitrogens is 1. The average Bonchev–Trinajstić information content (AvgIpc) is 2.82. The predicted molar refractivity (Wildman–Crippen MR) is 119 cm³/mol. The second kappa shape index (κ2) is 9.09. The van der Waals surface area contributed by atoms with E-state index >= 15 is 0 Å². The molecule has 3 heterocycles. The van der Waals surface area contributed by atoms with Crippen molar-refractivity contribution in [3.05, 3.63) is 69.8 Å². The Kier molecular flexibility index (Phi) is 6.07. The largest absolute Gasteiger partial charge is 0.493 e. The molecule has 1 saturated heterocycles. The van der Waals surface area contributed by atoms with Gasteiger partial charge in [-0.25, -0.2) is 0 Å². The summed E-state index contributed by atoms with van der Waals surface area (Å²) in [5.41, 5.74) is 7.51. The minimum Gasteiger partial charge on any atom is -0.493 e. The third-order valence-electron chi connectivity index (χ3n) is 5.58. The molecule has 9 heteroatoms. The van der Waals surface area contributed by atoms with Gasteiger partial charge in [-0.2, -0.15) is 5.10 Å². The second-order valence-electron chi connectivity index (χ2n) is 7.78. The molecule has 2 aromatic heterocycles. The van der Waals surface area contributed by atoms with Crippen molar-refractivity contribution in [3.63, 3.8) is 0 Å². The smallest absolute Gasteiger partial charge is 0.270 e. The number of nitrogens with two attached hydrogens (primary N) is 1. The van der Waals surface area contributed by atoms with Crippen LogP contribution in [0.2, 0.25) is 0 Å². The zero-order valence-electron chi connectivity index (χ0n) is 18.0. The number of methoxy groups -OCH3 is 1. The van der Waals surface area contributed by atoms with Gasteiger partial charge in [0.2, 0.25) is 5.43 Å². The molecular formula is C23H25N5O4. The van der Waals surface area contributed by atoms with Crippen molar-refractivity contribution >= 4 is 11.7 Å². The van der Waals surface area contributed by atoms with Crippen molar-refractivity contribution in [3.8, 4) is 17.2 Å². The van der Waals surface area contributed by atoms with Crippen LogP contribution in [0.15, 0.2) is 47.4 Å². The number of carbonyl (C=O) groups is 1. The molecule has 1 fully saturated rings. The van der Waals surface area contributed by atoms with Gasteiger partial charge in [0, 0.05) is 37.3 Å². The first-order valence-electron chi connectivity index (χ1n) is 10.4. The minimum absolute atomic E-state index is 0.139. The summed E-state index contributed by atoms with van der Waals surface area (Å²) < 4.78 is 10.9. The zero-order chi connectivity index (χ0) is 22.7. The van der Waals surface area contributed by atoms with E-state index in [0.29, 0.717) is 24.6 Å². The Bertz CT molecular complexity index is 1170. The van der Waals surface area contributed by atoms with Gasteiger partial charge in [0.15, 0.2) is 17.3 Å². The van der Waals surface area contributed by atoms with Gasteiger partial charge in [-0.3, -0.25) is 9.59 Å². The van der Waals surface area contributed by atoms with Crippen LogP contribution in [0.3, 0.4) is 0 Å². The van der Waals surface area contributed by atoms with Gasteiger partial charge in [0.1, 0.15) is 11.4 Å². The fourth-order valence-corrected chi connectivity index (χ4v) is 3.70. The van der Waals surface area contributed by atoms with Gasteiger partial charge in [0.05, 0.1) is 12.8 Å². The molecule has 0 unspecified atom stereocenters. The maximum absolute atomic E-state index is 12.9. The van der Waals surface area contributed by atoms with E-state index < -0.39 is 0 Å². The number of hydrogen-bond donors (Lipinski definition) is 2. The molecular weight excluding hydrogens is 410 g/mol. The molecule has 1 amide bonds. The van der Waals surface area contributed by atoms with E-state index in [1.165, 1.54) is 19.4 Å². The van der Waals surface area contributed by atoms with Crippen molar-refractivity contribution in [1.82, 2.24) is 20.1 Å². The Morgan fingerprint density at radius 3 is 2.50 bits per heavy atom. The van der Waals surface area contributed by atoms with E-state index in [1.54, 1.807) is 23.1 Å². The number of carbonyl (C=O) groups excluding carboxylic acids is 1. The molecule has 166 valence electrons. The standard InChI is InChI=1S/C23H25N5O4/c1-14-3-5-16(6-4-14)32-21-13-25-18(11-19(21)29)23(30)28-9-7-15(8-10-28)17-12-20(31-2)22(24)27-26-17/h3-6,11-13,15H,7-10H2,1-2H3,(H2,24,27)(H,25,29). The van der Waals surface area contributed by atoms with Crippen molar-refractivity contribution < 1.29 is 14.3 Å². The molecule has 0 spiro atoms. The summed E-state index contributed by atoms with van der Waals surface area (Å²) in [7, 11) is 1.54. The summed E-state index contributed by atoms with van der Waals surface area (Å²) in [5.74, 6) is 1.39. The van der Waals surface area contributed by atoms with E-state index in [2.05, 4.69) is 15.2 Å². The number of nitrogens with one attached hydrogen (secondary N) is 1. The van der Waals surface area contributed by atoms with Gasteiger partial charge in [0.25, 0.3) is 5.91 Å². The molecule has 32 heavy (non-hydrogen) atoms. The summed E-state index contributed by atoms with van der Waals surface area (Å²) >= 11 is 0. The number of rotatable bonds is 5. The van der Waals surface area contributed by atoms with Crippen LogP contribution in [0, 0.1) is 6.92 Å². The third-order valence-corrected chi connectivity index (χ3v) is 5.58. The lowest BCUT2D eigenvalue weighted by Gasteiger charge is -2.31. The van der Waals surface area contributed by atoms with Gasteiger partial charge < -0.3 is 25.1 Å². The van der Waals surface area contributed by atoms with Crippen LogP contribution in [0.1, 0.15) is 40.5 Å². The molecule has 1 aromatic carbocycles. The molecule has 0 saturated carbocycles. The summed E-state index contributed by atoms with van der Waals surface area (Å²) in [6, 6.07) is 10.5. The van der Waals surface area contributed by atoms with Crippen LogP contribution in [0.4, 0.5) is 5.82 Å². The van der Waals surface area contributed by atoms with Crippen LogP contribution >= 0.6 is 0 Å². The maximum atomic E-state index is 12.9. The summed E-state index contributed by atoms with van der Waals surface area (Å²) in [4.78, 5) is 30.0. The average molecular weight is 435 g/mol. The molecule has 0 radical (unpaired) electrons. The van der Waals surface area contributed by atoms with Crippen molar-refractivity contribution in [2.45, 2.75) is 25.7 Å². The highest BCUT2D eigenvalue weighted by atomic mass is 16.5. The highest BCUT2D eigenvalue weighted by Crippen LogP contribution is 2.30. The molecule has 0 bridgehead atoms. The number of piperidine rings is 1. The first kappa shape index (κ1) is 21.4. The number of likely N-dealkylation sites (tertiary alicyclic amines) is 1. The lowest BCUT2D eigenvalue weighted by molar-refractivity contribution is 0.0705. The molecule has 3 aromatic rings. The van der Waals surface area contributed by atoms with Crippen molar-refractivity contribution in [2.24, 2.45) is 0 Å². The number of aromatic nitrogens is 3. The van der Waals surface area contributed by atoms with E-state index in [0.717, 1.165) is 24.1 Å². The molecule has 1 aliphatic rings. The number of nitrogen functional groups attached to an aromatic ring is 1. The van der Waals surface area contributed by atoms with E-state index in [9.17, 15) is 9.59 Å². The Morgan fingerprint density at radius 2 is 1.84 bits per heavy atom. The van der Waals surface area contributed by atoms with Crippen LogP contribution in [0.5, 0.6) is 17.2 Å². The van der Waals surface area contributed by atoms with Crippen LogP contribution in [-0.2, 0) is 0 Å². The number of hydrogen-bond acceptors (Lipinski definition) is 7. The lowest BCUT2D eigenvalue weighted by Crippen LogP contribution is -2.38. The van der Waals surface area contributed by atoms with Crippen LogP contribution in [-0.4, -0.2) is 46.2 Å². The van der Waals surface area contributed by atoms with Gasteiger partial charge in [-0.15, -0.1) is 5.10 Å². The molecule has 0 aliphatic carbocycles.